The monoisotopic (exact) mass is 478 g/mol. The van der Waals surface area contributed by atoms with Gasteiger partial charge in [-0.1, -0.05) is 41.9 Å². The third-order valence-corrected chi connectivity index (χ3v) is 6.54. The fraction of sp³-hybridized carbons (Fsp3) is 0.0417. The number of nitrogens with one attached hydrogen (secondary N) is 2. The number of rotatable bonds is 6. The number of hydrogen-bond donors (Lipinski definition) is 3. The van der Waals surface area contributed by atoms with Gasteiger partial charge in [0.1, 0.15) is 11.5 Å². The lowest BCUT2D eigenvalue weighted by Crippen LogP contribution is -2.11. The molecular formula is C24H19ClN4O3S. The van der Waals surface area contributed by atoms with Crippen molar-refractivity contribution in [3.05, 3.63) is 89.6 Å². The van der Waals surface area contributed by atoms with Gasteiger partial charge in [0.15, 0.2) is 5.82 Å². The highest BCUT2D eigenvalue weighted by Gasteiger charge is 2.13. The molecular weight excluding hydrogens is 460 g/mol. The zero-order chi connectivity index (χ0) is 23.0. The van der Waals surface area contributed by atoms with Crippen molar-refractivity contribution in [1.29, 1.82) is 0 Å². The van der Waals surface area contributed by atoms with Crippen LogP contribution in [0, 0.1) is 0 Å². The first-order valence-electron chi connectivity index (χ1n) is 10.1. The van der Waals surface area contributed by atoms with Crippen LogP contribution in [-0.2, 0) is 16.6 Å². The van der Waals surface area contributed by atoms with Crippen molar-refractivity contribution in [3.8, 4) is 22.5 Å². The van der Waals surface area contributed by atoms with Crippen LogP contribution in [0.25, 0.3) is 33.4 Å². The summed E-state index contributed by atoms with van der Waals surface area (Å²) in [7, 11) is -3.73. The number of benzene rings is 3. The first-order valence-corrected chi connectivity index (χ1v) is 12.0. The van der Waals surface area contributed by atoms with Crippen molar-refractivity contribution in [2.24, 2.45) is 5.14 Å². The number of halogens is 1. The summed E-state index contributed by atoms with van der Waals surface area (Å²) >= 11 is 6.49. The minimum atomic E-state index is -3.73. The lowest BCUT2D eigenvalue weighted by Gasteiger charge is -2.06. The molecule has 2 aromatic heterocycles. The highest BCUT2D eigenvalue weighted by atomic mass is 35.5. The highest BCUT2D eigenvalue weighted by molar-refractivity contribution is 7.89. The third kappa shape index (κ3) is 4.36. The number of aromatic amines is 1. The SMILES string of the molecule is NS(=O)(=O)c1ccc(-c2ccc(CNc3n[nH]c4cc(Cl)c(-c5ccccc5)cc34)o2)cc1. The number of H-pyrrole nitrogens is 1. The van der Waals surface area contributed by atoms with Gasteiger partial charge in [-0.05, 0) is 54.1 Å². The zero-order valence-corrected chi connectivity index (χ0v) is 18.8. The van der Waals surface area contributed by atoms with E-state index in [2.05, 4.69) is 15.5 Å². The average Bonchev–Trinajstić information content (AvgIpc) is 3.44. The number of nitrogens with two attached hydrogens (primary N) is 1. The average molecular weight is 479 g/mol. The molecule has 2 heterocycles. The first kappa shape index (κ1) is 21.3. The lowest BCUT2D eigenvalue weighted by molar-refractivity contribution is 0.531. The Morgan fingerprint density at radius 3 is 2.45 bits per heavy atom. The summed E-state index contributed by atoms with van der Waals surface area (Å²) in [4.78, 5) is 0.0556. The molecule has 0 aliphatic carbocycles. The summed E-state index contributed by atoms with van der Waals surface area (Å²) in [5.74, 6) is 2.01. The molecule has 3 aromatic carbocycles. The van der Waals surface area contributed by atoms with Gasteiger partial charge in [-0.25, -0.2) is 13.6 Å². The molecule has 0 radical (unpaired) electrons. The molecule has 0 atom stereocenters. The number of hydrogen-bond acceptors (Lipinski definition) is 5. The predicted molar refractivity (Wildman–Crippen MR) is 129 cm³/mol. The Labute approximate surface area is 195 Å². The summed E-state index contributed by atoms with van der Waals surface area (Å²) in [6.07, 6.45) is 0. The summed E-state index contributed by atoms with van der Waals surface area (Å²) < 4.78 is 28.8. The molecule has 5 rings (SSSR count). The quantitative estimate of drug-likeness (QED) is 0.302. The van der Waals surface area contributed by atoms with Crippen molar-refractivity contribution in [1.82, 2.24) is 10.2 Å². The van der Waals surface area contributed by atoms with E-state index in [1.165, 1.54) is 12.1 Å². The van der Waals surface area contributed by atoms with Crippen LogP contribution >= 0.6 is 11.6 Å². The van der Waals surface area contributed by atoms with Crippen molar-refractivity contribution in [3.63, 3.8) is 0 Å². The zero-order valence-electron chi connectivity index (χ0n) is 17.2. The molecule has 33 heavy (non-hydrogen) atoms. The van der Waals surface area contributed by atoms with Crippen molar-refractivity contribution in [2.75, 3.05) is 5.32 Å². The fourth-order valence-corrected chi connectivity index (χ4v) is 4.41. The number of sulfonamides is 1. The van der Waals surface area contributed by atoms with E-state index in [1.54, 1.807) is 12.1 Å². The van der Waals surface area contributed by atoms with E-state index >= 15 is 0 Å². The van der Waals surface area contributed by atoms with E-state index in [9.17, 15) is 8.42 Å². The second-order valence-electron chi connectivity index (χ2n) is 7.50. The van der Waals surface area contributed by atoms with Crippen LogP contribution in [0.1, 0.15) is 5.76 Å². The Kier molecular flexibility index (Phi) is 5.41. The molecule has 9 heteroatoms. The molecule has 0 saturated heterocycles. The third-order valence-electron chi connectivity index (χ3n) is 5.29. The Balaban J connectivity index is 1.36. The Morgan fingerprint density at radius 2 is 1.73 bits per heavy atom. The molecule has 0 aliphatic heterocycles. The minimum absolute atomic E-state index is 0.0556. The molecule has 5 aromatic rings. The Morgan fingerprint density at radius 1 is 0.970 bits per heavy atom. The first-order chi connectivity index (χ1) is 15.9. The van der Waals surface area contributed by atoms with E-state index in [4.69, 9.17) is 21.2 Å². The van der Waals surface area contributed by atoms with Crippen LogP contribution in [0.5, 0.6) is 0 Å². The molecule has 0 saturated carbocycles. The Bertz CT molecular complexity index is 1540. The molecule has 0 amide bonds. The number of nitrogens with zero attached hydrogens (tertiary/aromatic N) is 1. The van der Waals surface area contributed by atoms with Crippen LogP contribution in [0.15, 0.2) is 88.2 Å². The van der Waals surface area contributed by atoms with Gasteiger partial charge in [0.2, 0.25) is 10.0 Å². The van der Waals surface area contributed by atoms with Gasteiger partial charge >= 0.3 is 0 Å². The standard InChI is InChI=1S/C24H19ClN4O3S/c25-21-13-22-20(12-19(21)15-4-2-1-3-5-15)24(29-28-22)27-14-17-8-11-23(32-17)16-6-9-18(10-7-16)33(26,30)31/h1-13H,14H2,(H2,26,30,31)(H2,27,28,29). The molecule has 4 N–H and O–H groups in total. The lowest BCUT2D eigenvalue weighted by atomic mass is 10.0. The van der Waals surface area contributed by atoms with E-state index in [1.807, 2.05) is 54.6 Å². The topological polar surface area (TPSA) is 114 Å². The van der Waals surface area contributed by atoms with Crippen LogP contribution in [0.3, 0.4) is 0 Å². The summed E-state index contributed by atoms with van der Waals surface area (Å²) in [5, 5.41) is 17.4. The largest absolute Gasteiger partial charge is 0.459 e. The van der Waals surface area contributed by atoms with Crippen molar-refractivity contribution >= 4 is 38.3 Å². The summed E-state index contributed by atoms with van der Waals surface area (Å²) in [5.41, 5.74) is 3.54. The van der Waals surface area contributed by atoms with Gasteiger partial charge in [-0.2, -0.15) is 5.10 Å². The highest BCUT2D eigenvalue weighted by Crippen LogP contribution is 2.34. The van der Waals surface area contributed by atoms with Gasteiger partial charge in [0.25, 0.3) is 0 Å². The normalized spacial score (nSPS) is 11.7. The number of furan rings is 1. The molecule has 0 aliphatic rings. The number of primary sulfonamides is 1. The maximum absolute atomic E-state index is 11.4. The van der Waals surface area contributed by atoms with E-state index in [-0.39, 0.29) is 4.90 Å². The number of aromatic nitrogens is 2. The molecule has 7 nitrogen and oxygen atoms in total. The minimum Gasteiger partial charge on any atom is -0.459 e. The number of anilines is 1. The summed E-state index contributed by atoms with van der Waals surface area (Å²) in [6, 6.07) is 23.7. The second kappa shape index (κ2) is 8.40. The Hall–Kier alpha value is -3.59. The second-order valence-corrected chi connectivity index (χ2v) is 9.47. The van der Waals surface area contributed by atoms with Crippen molar-refractivity contribution in [2.45, 2.75) is 11.4 Å². The fourth-order valence-electron chi connectivity index (χ4n) is 3.62. The maximum atomic E-state index is 11.4. The summed E-state index contributed by atoms with van der Waals surface area (Å²) in [6.45, 7) is 0.415. The number of fused-ring (bicyclic) bond motifs is 1. The van der Waals surface area contributed by atoms with Gasteiger partial charge in [-0.3, -0.25) is 5.10 Å². The van der Waals surface area contributed by atoms with Crippen LogP contribution in [0.2, 0.25) is 5.02 Å². The predicted octanol–water partition coefficient (Wildman–Crippen LogP) is 5.40. The van der Waals surface area contributed by atoms with E-state index in [0.29, 0.717) is 28.9 Å². The molecule has 0 unspecified atom stereocenters. The van der Waals surface area contributed by atoms with Crippen LogP contribution in [-0.4, -0.2) is 18.6 Å². The van der Waals surface area contributed by atoms with Gasteiger partial charge in [0, 0.05) is 16.5 Å². The molecule has 166 valence electrons. The van der Waals surface area contributed by atoms with Gasteiger partial charge in [0.05, 0.1) is 22.0 Å². The molecule has 0 bridgehead atoms. The van der Waals surface area contributed by atoms with Crippen LogP contribution < -0.4 is 10.5 Å². The van der Waals surface area contributed by atoms with Gasteiger partial charge in [-0.15, -0.1) is 0 Å². The van der Waals surface area contributed by atoms with E-state index in [0.717, 1.165) is 27.6 Å². The smallest absolute Gasteiger partial charge is 0.238 e. The van der Waals surface area contributed by atoms with Gasteiger partial charge < -0.3 is 9.73 Å². The molecule has 0 fully saturated rings. The molecule has 0 spiro atoms. The van der Waals surface area contributed by atoms with Crippen molar-refractivity contribution < 1.29 is 12.8 Å². The van der Waals surface area contributed by atoms with E-state index < -0.39 is 10.0 Å². The maximum Gasteiger partial charge on any atom is 0.238 e. The van der Waals surface area contributed by atoms with Crippen LogP contribution in [0.4, 0.5) is 5.82 Å².